The molecule has 0 unspecified atom stereocenters. The van der Waals surface area contributed by atoms with E-state index in [4.69, 9.17) is 4.74 Å². The van der Waals surface area contributed by atoms with Crippen LogP contribution in [0.4, 0.5) is 0 Å². The zero-order chi connectivity index (χ0) is 19.4. The molecule has 1 heterocycles. The van der Waals surface area contributed by atoms with E-state index in [0.717, 1.165) is 15.8 Å². The summed E-state index contributed by atoms with van der Waals surface area (Å²) in [4.78, 5) is 31.0. The number of aromatic nitrogens is 2. The Hall–Kier alpha value is -2.67. The molecule has 3 aromatic rings. The molecule has 0 spiro atoms. The molecule has 0 saturated heterocycles. The number of carbonyl (C=O) groups excluding carboxylic acids is 1. The molecule has 0 atom stereocenters. The zero-order valence-electron chi connectivity index (χ0n) is 15.2. The Kier molecular flexibility index (Phi) is 5.91. The van der Waals surface area contributed by atoms with Gasteiger partial charge in [-0.1, -0.05) is 28.1 Å². The maximum Gasteiger partial charge on any atom is 0.261 e. The highest BCUT2D eigenvalue weighted by molar-refractivity contribution is 9.10. The third-order valence-corrected chi connectivity index (χ3v) is 4.66. The quantitative estimate of drug-likeness (QED) is 0.603. The van der Waals surface area contributed by atoms with Gasteiger partial charge < -0.3 is 9.64 Å². The van der Waals surface area contributed by atoms with Crippen LogP contribution in [0.15, 0.2) is 58.1 Å². The average Bonchev–Trinajstić information content (AvgIpc) is 2.66. The van der Waals surface area contributed by atoms with Crippen LogP contribution in [0, 0.1) is 0 Å². The third-order valence-electron chi connectivity index (χ3n) is 4.17. The van der Waals surface area contributed by atoms with E-state index in [2.05, 4.69) is 20.9 Å². The van der Waals surface area contributed by atoms with E-state index < -0.39 is 0 Å². The van der Waals surface area contributed by atoms with Crippen molar-refractivity contribution < 1.29 is 9.53 Å². The summed E-state index contributed by atoms with van der Waals surface area (Å²) in [5.74, 6) is 0.636. The SMILES string of the molecule is CCOc1ccc(CN(C)C(=O)Cn2cnc3ccc(Br)cc3c2=O)cc1. The predicted molar refractivity (Wildman–Crippen MR) is 108 cm³/mol. The van der Waals surface area contributed by atoms with E-state index >= 15 is 0 Å². The van der Waals surface area contributed by atoms with Gasteiger partial charge in [0.2, 0.25) is 5.91 Å². The number of nitrogens with zero attached hydrogens (tertiary/aromatic N) is 3. The van der Waals surface area contributed by atoms with E-state index in [1.165, 1.54) is 10.9 Å². The highest BCUT2D eigenvalue weighted by Gasteiger charge is 2.13. The topological polar surface area (TPSA) is 64.4 Å². The van der Waals surface area contributed by atoms with Crippen molar-refractivity contribution in [3.05, 3.63) is 69.2 Å². The number of fused-ring (bicyclic) bond motifs is 1. The van der Waals surface area contributed by atoms with Crippen LogP contribution in [-0.2, 0) is 17.9 Å². The highest BCUT2D eigenvalue weighted by atomic mass is 79.9. The molecule has 1 aromatic heterocycles. The fraction of sp³-hybridized carbons (Fsp3) is 0.250. The number of carbonyl (C=O) groups is 1. The van der Waals surface area contributed by atoms with Crippen molar-refractivity contribution in [1.82, 2.24) is 14.5 Å². The van der Waals surface area contributed by atoms with Crippen molar-refractivity contribution in [2.45, 2.75) is 20.0 Å². The fourth-order valence-corrected chi connectivity index (χ4v) is 3.09. The molecule has 6 nitrogen and oxygen atoms in total. The van der Waals surface area contributed by atoms with Crippen LogP contribution in [0.25, 0.3) is 10.9 Å². The molecule has 140 valence electrons. The van der Waals surface area contributed by atoms with Crippen LogP contribution in [-0.4, -0.2) is 34.0 Å². The number of hydrogen-bond acceptors (Lipinski definition) is 4. The molecule has 0 aliphatic rings. The maximum absolute atomic E-state index is 12.6. The zero-order valence-corrected chi connectivity index (χ0v) is 16.8. The smallest absolute Gasteiger partial charge is 0.261 e. The predicted octanol–water partition coefficient (Wildman–Crippen LogP) is 3.22. The van der Waals surface area contributed by atoms with Gasteiger partial charge in [-0.2, -0.15) is 0 Å². The van der Waals surface area contributed by atoms with Crippen molar-refractivity contribution in [2.75, 3.05) is 13.7 Å². The van der Waals surface area contributed by atoms with Gasteiger partial charge in [0.05, 0.1) is 23.8 Å². The second-order valence-corrected chi connectivity index (χ2v) is 7.08. The third kappa shape index (κ3) is 4.54. The summed E-state index contributed by atoms with van der Waals surface area (Å²) in [6, 6.07) is 12.9. The van der Waals surface area contributed by atoms with Crippen LogP contribution in [0.5, 0.6) is 5.75 Å². The molecule has 0 radical (unpaired) electrons. The van der Waals surface area contributed by atoms with Crippen LogP contribution in [0.3, 0.4) is 0 Å². The number of amides is 1. The number of likely N-dealkylation sites (N-methyl/N-ethyl adjacent to an activating group) is 1. The Balaban J connectivity index is 1.71. The number of benzene rings is 2. The number of rotatable bonds is 6. The van der Waals surface area contributed by atoms with E-state index in [1.807, 2.05) is 37.3 Å². The molecule has 2 aromatic carbocycles. The minimum absolute atomic E-state index is 0.0538. The monoisotopic (exact) mass is 429 g/mol. The van der Waals surface area contributed by atoms with Crippen LogP contribution in [0.2, 0.25) is 0 Å². The summed E-state index contributed by atoms with van der Waals surface area (Å²) in [5, 5.41) is 0.480. The van der Waals surface area contributed by atoms with Crippen molar-refractivity contribution in [2.24, 2.45) is 0 Å². The molecule has 27 heavy (non-hydrogen) atoms. The molecule has 0 bridgehead atoms. The van der Waals surface area contributed by atoms with Crippen molar-refractivity contribution in [3.8, 4) is 5.75 Å². The lowest BCUT2D eigenvalue weighted by molar-refractivity contribution is -0.131. The van der Waals surface area contributed by atoms with Crippen LogP contribution in [0.1, 0.15) is 12.5 Å². The first-order valence-electron chi connectivity index (χ1n) is 8.58. The molecule has 0 saturated carbocycles. The summed E-state index contributed by atoms with van der Waals surface area (Å²) in [6.45, 7) is 2.94. The second kappa shape index (κ2) is 8.35. The summed E-state index contributed by atoms with van der Waals surface area (Å²) in [5.41, 5.74) is 1.36. The maximum atomic E-state index is 12.6. The van der Waals surface area contributed by atoms with Gasteiger partial charge >= 0.3 is 0 Å². The summed E-state index contributed by atoms with van der Waals surface area (Å²) in [7, 11) is 1.72. The molecule has 7 heteroatoms. The minimum atomic E-state index is -0.232. The number of ether oxygens (including phenoxy) is 1. The second-order valence-electron chi connectivity index (χ2n) is 6.17. The van der Waals surface area contributed by atoms with Crippen molar-refractivity contribution >= 4 is 32.7 Å². The Morgan fingerprint density at radius 1 is 1.22 bits per heavy atom. The molecule has 0 fully saturated rings. The van der Waals surface area contributed by atoms with Gasteiger partial charge in [-0.15, -0.1) is 0 Å². The Labute approximate surface area is 165 Å². The van der Waals surface area contributed by atoms with Crippen LogP contribution < -0.4 is 10.3 Å². The first kappa shape index (κ1) is 19.1. The molecule has 3 rings (SSSR count). The average molecular weight is 430 g/mol. The van der Waals surface area contributed by atoms with E-state index in [0.29, 0.717) is 24.1 Å². The van der Waals surface area contributed by atoms with Gasteiger partial charge in [-0.25, -0.2) is 4.98 Å². The Morgan fingerprint density at radius 3 is 2.67 bits per heavy atom. The Bertz CT molecular complexity index is 1020. The van der Waals surface area contributed by atoms with Gasteiger partial charge in [-0.3, -0.25) is 14.2 Å². The lowest BCUT2D eigenvalue weighted by atomic mass is 10.2. The van der Waals surface area contributed by atoms with Crippen LogP contribution >= 0.6 is 15.9 Å². The van der Waals surface area contributed by atoms with Crippen molar-refractivity contribution in [1.29, 1.82) is 0 Å². The molecule has 0 aliphatic heterocycles. The van der Waals surface area contributed by atoms with Gasteiger partial charge in [-0.05, 0) is 42.8 Å². The van der Waals surface area contributed by atoms with Gasteiger partial charge in [0.15, 0.2) is 0 Å². The minimum Gasteiger partial charge on any atom is -0.494 e. The fourth-order valence-electron chi connectivity index (χ4n) is 2.73. The standard InChI is InChI=1S/C20H20BrN3O3/c1-3-27-16-7-4-14(5-8-16)11-23(2)19(25)12-24-13-22-18-9-6-15(21)10-17(18)20(24)26/h4-10,13H,3,11-12H2,1-2H3. The van der Waals surface area contributed by atoms with Gasteiger partial charge in [0.1, 0.15) is 12.3 Å². The summed E-state index contributed by atoms with van der Waals surface area (Å²) >= 11 is 3.36. The first-order valence-corrected chi connectivity index (χ1v) is 9.37. The summed E-state index contributed by atoms with van der Waals surface area (Å²) in [6.07, 6.45) is 1.42. The lowest BCUT2D eigenvalue weighted by Crippen LogP contribution is -2.33. The largest absolute Gasteiger partial charge is 0.494 e. The van der Waals surface area contributed by atoms with Crippen molar-refractivity contribution in [3.63, 3.8) is 0 Å². The number of halogens is 1. The van der Waals surface area contributed by atoms with Gasteiger partial charge in [0.25, 0.3) is 5.56 Å². The highest BCUT2D eigenvalue weighted by Crippen LogP contribution is 2.15. The molecular weight excluding hydrogens is 410 g/mol. The molecule has 0 N–H and O–H groups in total. The van der Waals surface area contributed by atoms with E-state index in [-0.39, 0.29) is 18.0 Å². The van der Waals surface area contributed by atoms with E-state index in [1.54, 1.807) is 24.1 Å². The molecular formula is C20H20BrN3O3. The molecule has 0 aliphatic carbocycles. The molecule has 1 amide bonds. The first-order chi connectivity index (χ1) is 13.0. The Morgan fingerprint density at radius 2 is 1.96 bits per heavy atom. The number of hydrogen-bond donors (Lipinski definition) is 0. The lowest BCUT2D eigenvalue weighted by Gasteiger charge is -2.18. The van der Waals surface area contributed by atoms with Gasteiger partial charge in [0, 0.05) is 18.1 Å². The summed E-state index contributed by atoms with van der Waals surface area (Å²) < 4.78 is 7.56. The normalized spacial score (nSPS) is 10.8. The van der Waals surface area contributed by atoms with E-state index in [9.17, 15) is 9.59 Å².